The number of carbonyl (C=O) groups excluding carboxylic acids is 2. The Morgan fingerprint density at radius 1 is 0.920 bits per heavy atom. The van der Waals surface area contributed by atoms with Crippen molar-refractivity contribution in [1.29, 1.82) is 0 Å². The SMILES string of the molecule is CCCCCCNC(=O)[C@H](C)c1cccc(C(=O)c2ccccc2)c1. The van der Waals surface area contributed by atoms with E-state index in [2.05, 4.69) is 12.2 Å². The van der Waals surface area contributed by atoms with E-state index < -0.39 is 0 Å². The fourth-order valence-corrected chi connectivity index (χ4v) is 2.77. The second-order valence-corrected chi connectivity index (χ2v) is 6.39. The summed E-state index contributed by atoms with van der Waals surface area (Å²) in [5.74, 6) is -0.273. The van der Waals surface area contributed by atoms with Crippen molar-refractivity contribution in [2.45, 2.75) is 45.4 Å². The van der Waals surface area contributed by atoms with Crippen LogP contribution in [0, 0.1) is 0 Å². The highest BCUT2D eigenvalue weighted by Gasteiger charge is 2.17. The number of rotatable bonds is 9. The molecule has 0 saturated heterocycles. The van der Waals surface area contributed by atoms with E-state index in [1.807, 2.05) is 43.3 Å². The minimum atomic E-state index is -0.269. The molecular weight excluding hydrogens is 310 g/mol. The number of amides is 1. The maximum absolute atomic E-state index is 12.6. The van der Waals surface area contributed by atoms with E-state index in [9.17, 15) is 9.59 Å². The van der Waals surface area contributed by atoms with Crippen molar-refractivity contribution in [2.24, 2.45) is 0 Å². The van der Waals surface area contributed by atoms with Crippen LogP contribution < -0.4 is 5.32 Å². The third-order valence-corrected chi connectivity index (χ3v) is 4.41. The monoisotopic (exact) mass is 337 g/mol. The van der Waals surface area contributed by atoms with Crippen molar-refractivity contribution in [3.63, 3.8) is 0 Å². The molecule has 0 saturated carbocycles. The Hall–Kier alpha value is -2.42. The Morgan fingerprint density at radius 3 is 2.36 bits per heavy atom. The fraction of sp³-hybridized carbons (Fsp3) is 0.364. The van der Waals surface area contributed by atoms with Gasteiger partial charge in [0.25, 0.3) is 0 Å². The van der Waals surface area contributed by atoms with Gasteiger partial charge < -0.3 is 5.32 Å². The van der Waals surface area contributed by atoms with E-state index in [0.717, 1.165) is 18.4 Å². The van der Waals surface area contributed by atoms with E-state index in [4.69, 9.17) is 0 Å². The highest BCUT2D eigenvalue weighted by Crippen LogP contribution is 2.19. The van der Waals surface area contributed by atoms with E-state index in [1.165, 1.54) is 12.8 Å². The lowest BCUT2D eigenvalue weighted by Crippen LogP contribution is -2.29. The zero-order valence-corrected chi connectivity index (χ0v) is 15.1. The number of carbonyl (C=O) groups is 2. The van der Waals surface area contributed by atoms with Crippen molar-refractivity contribution in [2.75, 3.05) is 6.54 Å². The van der Waals surface area contributed by atoms with Crippen LogP contribution in [0.5, 0.6) is 0 Å². The first-order valence-corrected chi connectivity index (χ1v) is 9.11. The normalized spacial score (nSPS) is 11.8. The number of ketones is 1. The van der Waals surface area contributed by atoms with E-state index >= 15 is 0 Å². The molecule has 1 amide bonds. The van der Waals surface area contributed by atoms with Gasteiger partial charge in [-0.2, -0.15) is 0 Å². The number of nitrogens with one attached hydrogen (secondary N) is 1. The highest BCUT2D eigenvalue weighted by molar-refractivity contribution is 6.09. The lowest BCUT2D eigenvalue weighted by atomic mass is 9.95. The Bertz CT molecular complexity index is 694. The summed E-state index contributed by atoms with van der Waals surface area (Å²) < 4.78 is 0. The molecule has 2 aromatic rings. The third-order valence-electron chi connectivity index (χ3n) is 4.41. The third kappa shape index (κ3) is 5.56. The van der Waals surface area contributed by atoms with Crippen LogP contribution in [0.1, 0.15) is 66.9 Å². The van der Waals surface area contributed by atoms with Gasteiger partial charge in [0.15, 0.2) is 5.78 Å². The van der Waals surface area contributed by atoms with E-state index in [0.29, 0.717) is 17.7 Å². The fourth-order valence-electron chi connectivity index (χ4n) is 2.77. The summed E-state index contributed by atoms with van der Waals surface area (Å²) in [6.45, 7) is 4.77. The first-order chi connectivity index (χ1) is 12.1. The first-order valence-electron chi connectivity index (χ1n) is 9.11. The molecule has 0 radical (unpaired) electrons. The molecule has 3 nitrogen and oxygen atoms in total. The van der Waals surface area contributed by atoms with Crippen LogP contribution in [0.25, 0.3) is 0 Å². The predicted molar refractivity (Wildman–Crippen MR) is 102 cm³/mol. The smallest absolute Gasteiger partial charge is 0.227 e. The van der Waals surface area contributed by atoms with Gasteiger partial charge in [-0.15, -0.1) is 0 Å². The predicted octanol–water partition coefficient (Wildman–Crippen LogP) is 4.72. The number of unbranched alkanes of at least 4 members (excludes halogenated alkanes) is 3. The Balaban J connectivity index is 2.00. The molecule has 2 aromatic carbocycles. The van der Waals surface area contributed by atoms with Crippen LogP contribution in [0.4, 0.5) is 0 Å². The Morgan fingerprint density at radius 2 is 1.64 bits per heavy atom. The zero-order chi connectivity index (χ0) is 18.1. The number of benzene rings is 2. The van der Waals surface area contributed by atoms with Gasteiger partial charge in [0.1, 0.15) is 0 Å². The van der Waals surface area contributed by atoms with Gasteiger partial charge in [-0.1, -0.05) is 74.7 Å². The molecule has 0 unspecified atom stereocenters. The van der Waals surface area contributed by atoms with Gasteiger partial charge in [-0.3, -0.25) is 9.59 Å². The van der Waals surface area contributed by atoms with Crippen molar-refractivity contribution < 1.29 is 9.59 Å². The molecular formula is C22H27NO2. The Labute approximate surface area is 150 Å². The molecule has 1 N–H and O–H groups in total. The van der Waals surface area contributed by atoms with Crippen LogP contribution >= 0.6 is 0 Å². The van der Waals surface area contributed by atoms with Gasteiger partial charge in [0.2, 0.25) is 5.91 Å². The molecule has 25 heavy (non-hydrogen) atoms. The summed E-state index contributed by atoms with van der Waals surface area (Å²) in [5, 5.41) is 3.00. The standard InChI is InChI=1S/C22H27NO2/c1-3-4-5-9-15-23-22(25)17(2)19-13-10-14-20(16-19)21(24)18-11-7-6-8-12-18/h6-8,10-14,16-17H,3-5,9,15H2,1-2H3,(H,23,25)/t17-/m1/s1. The molecule has 2 rings (SSSR count). The van der Waals surface area contributed by atoms with Crippen molar-refractivity contribution >= 4 is 11.7 Å². The number of hydrogen-bond acceptors (Lipinski definition) is 2. The van der Waals surface area contributed by atoms with Gasteiger partial charge >= 0.3 is 0 Å². The molecule has 0 aliphatic rings. The summed E-state index contributed by atoms with van der Waals surface area (Å²) in [6.07, 6.45) is 4.55. The molecule has 0 aliphatic heterocycles. The van der Waals surface area contributed by atoms with E-state index in [-0.39, 0.29) is 17.6 Å². The minimum absolute atomic E-state index is 0.0146. The largest absolute Gasteiger partial charge is 0.356 e. The molecule has 1 atom stereocenters. The lowest BCUT2D eigenvalue weighted by Gasteiger charge is -2.13. The molecule has 3 heteroatoms. The highest BCUT2D eigenvalue weighted by atomic mass is 16.1. The van der Waals surface area contributed by atoms with Crippen LogP contribution in [0.2, 0.25) is 0 Å². The van der Waals surface area contributed by atoms with Crippen LogP contribution in [0.3, 0.4) is 0 Å². The molecule has 0 aliphatic carbocycles. The first kappa shape index (κ1) is 18.9. The molecule has 0 spiro atoms. The quantitative estimate of drug-likeness (QED) is 0.532. The average Bonchev–Trinajstić information content (AvgIpc) is 2.67. The topological polar surface area (TPSA) is 46.2 Å². The van der Waals surface area contributed by atoms with Crippen LogP contribution in [-0.4, -0.2) is 18.2 Å². The second-order valence-electron chi connectivity index (χ2n) is 6.39. The molecule has 0 fully saturated rings. The molecule has 0 aromatic heterocycles. The van der Waals surface area contributed by atoms with Gasteiger partial charge in [0.05, 0.1) is 5.92 Å². The summed E-state index contributed by atoms with van der Waals surface area (Å²) in [5.41, 5.74) is 2.15. The van der Waals surface area contributed by atoms with Crippen molar-refractivity contribution in [3.05, 3.63) is 71.3 Å². The van der Waals surface area contributed by atoms with Crippen molar-refractivity contribution in [3.8, 4) is 0 Å². The Kier molecular flexibility index (Phi) is 7.39. The van der Waals surface area contributed by atoms with Gasteiger partial charge in [0, 0.05) is 17.7 Å². The summed E-state index contributed by atoms with van der Waals surface area (Å²) in [6, 6.07) is 16.6. The van der Waals surface area contributed by atoms with Gasteiger partial charge in [-0.25, -0.2) is 0 Å². The summed E-state index contributed by atoms with van der Waals surface area (Å²) in [4.78, 5) is 24.9. The summed E-state index contributed by atoms with van der Waals surface area (Å²) in [7, 11) is 0. The second kappa shape index (κ2) is 9.77. The maximum Gasteiger partial charge on any atom is 0.227 e. The molecule has 132 valence electrons. The minimum Gasteiger partial charge on any atom is -0.356 e. The summed E-state index contributed by atoms with van der Waals surface area (Å²) >= 11 is 0. The van der Waals surface area contributed by atoms with Gasteiger partial charge in [-0.05, 0) is 25.0 Å². The lowest BCUT2D eigenvalue weighted by molar-refractivity contribution is -0.122. The molecule has 0 heterocycles. The zero-order valence-electron chi connectivity index (χ0n) is 15.1. The van der Waals surface area contributed by atoms with Crippen LogP contribution in [0.15, 0.2) is 54.6 Å². The average molecular weight is 337 g/mol. The van der Waals surface area contributed by atoms with Crippen molar-refractivity contribution in [1.82, 2.24) is 5.32 Å². The number of hydrogen-bond donors (Lipinski definition) is 1. The van der Waals surface area contributed by atoms with E-state index in [1.54, 1.807) is 18.2 Å². The maximum atomic E-state index is 12.6. The molecule has 0 bridgehead atoms. The van der Waals surface area contributed by atoms with Crippen LogP contribution in [-0.2, 0) is 4.79 Å².